The van der Waals surface area contributed by atoms with Crippen molar-refractivity contribution >= 4 is 23.2 Å². The maximum Gasteiger partial charge on any atom is 0.251 e. The highest BCUT2D eigenvalue weighted by atomic mass is 16.2. The van der Waals surface area contributed by atoms with Gasteiger partial charge in [0.1, 0.15) is 6.04 Å². The molecule has 0 spiro atoms. The van der Waals surface area contributed by atoms with Gasteiger partial charge in [0.2, 0.25) is 5.91 Å². The summed E-state index contributed by atoms with van der Waals surface area (Å²) in [5, 5.41) is 3.11. The van der Waals surface area contributed by atoms with Gasteiger partial charge in [-0.1, -0.05) is 37.3 Å². The molecule has 2 fully saturated rings. The Labute approximate surface area is 191 Å². The number of hydrogen-bond acceptors (Lipinski definition) is 4. The molecule has 0 aromatic heterocycles. The lowest BCUT2D eigenvalue weighted by atomic mass is 10.00. The molecule has 6 nitrogen and oxygen atoms in total. The van der Waals surface area contributed by atoms with Crippen molar-refractivity contribution in [2.24, 2.45) is 0 Å². The van der Waals surface area contributed by atoms with Crippen LogP contribution >= 0.6 is 0 Å². The molecule has 1 N–H and O–H groups in total. The Balaban J connectivity index is 1.51. The topological polar surface area (TPSA) is 55.9 Å². The average molecular weight is 435 g/mol. The standard InChI is InChI=1S/C26H34N4O2/c1-3-28-15-17-29(18-16-28)22-12-13-23(20(2)19-22)27-26(32)25(21-9-5-4-6-10-21)30-14-8-7-11-24(30)31/h4-6,9-10,12-13,19,25H,3,7-8,11,14-18H2,1-2H3,(H,27,32). The fraction of sp³-hybridized carbons (Fsp3) is 0.462. The van der Waals surface area contributed by atoms with E-state index in [4.69, 9.17) is 0 Å². The van der Waals surface area contributed by atoms with Crippen LogP contribution in [0.2, 0.25) is 0 Å². The Bertz CT molecular complexity index is 938. The highest BCUT2D eigenvalue weighted by Crippen LogP contribution is 2.29. The Hall–Kier alpha value is -2.86. The molecule has 2 aliphatic heterocycles. The van der Waals surface area contributed by atoms with E-state index in [0.29, 0.717) is 13.0 Å². The number of likely N-dealkylation sites (N-methyl/N-ethyl adjacent to an activating group) is 1. The van der Waals surface area contributed by atoms with Crippen molar-refractivity contribution in [2.75, 3.05) is 49.5 Å². The number of piperidine rings is 1. The first-order valence-corrected chi connectivity index (χ1v) is 11.8. The van der Waals surface area contributed by atoms with Crippen LogP contribution in [-0.2, 0) is 9.59 Å². The quantitative estimate of drug-likeness (QED) is 0.751. The SMILES string of the molecule is CCN1CCN(c2ccc(NC(=O)C(c3ccccc3)N3CCCCC3=O)c(C)c2)CC1. The number of rotatable bonds is 6. The van der Waals surface area contributed by atoms with E-state index in [-0.39, 0.29) is 11.8 Å². The lowest BCUT2D eigenvalue weighted by Gasteiger charge is -2.36. The zero-order valence-electron chi connectivity index (χ0n) is 19.2. The molecule has 4 rings (SSSR count). The van der Waals surface area contributed by atoms with Crippen LogP contribution in [0.3, 0.4) is 0 Å². The van der Waals surface area contributed by atoms with Crippen LogP contribution in [0.15, 0.2) is 48.5 Å². The van der Waals surface area contributed by atoms with Crippen molar-refractivity contribution in [1.29, 1.82) is 0 Å². The van der Waals surface area contributed by atoms with Crippen LogP contribution < -0.4 is 10.2 Å². The van der Waals surface area contributed by atoms with Gasteiger partial charge in [0.05, 0.1) is 0 Å². The zero-order chi connectivity index (χ0) is 22.5. The van der Waals surface area contributed by atoms with Crippen LogP contribution in [0.1, 0.15) is 43.4 Å². The van der Waals surface area contributed by atoms with Crippen LogP contribution in [0.4, 0.5) is 11.4 Å². The molecule has 1 unspecified atom stereocenters. The molecule has 32 heavy (non-hydrogen) atoms. The third-order valence-corrected chi connectivity index (χ3v) is 6.69. The molecule has 2 aromatic carbocycles. The van der Waals surface area contributed by atoms with E-state index < -0.39 is 6.04 Å². The molecule has 2 amide bonds. The number of nitrogens with zero attached hydrogens (tertiary/aromatic N) is 3. The van der Waals surface area contributed by atoms with Crippen molar-refractivity contribution < 1.29 is 9.59 Å². The summed E-state index contributed by atoms with van der Waals surface area (Å²) in [5.41, 5.74) is 3.88. The van der Waals surface area contributed by atoms with Gasteiger partial charge in [-0.3, -0.25) is 9.59 Å². The van der Waals surface area contributed by atoms with Gasteiger partial charge < -0.3 is 20.0 Å². The summed E-state index contributed by atoms with van der Waals surface area (Å²) in [6, 6.07) is 15.3. The molecule has 2 saturated heterocycles. The summed E-state index contributed by atoms with van der Waals surface area (Å²) in [6.45, 7) is 10.2. The van der Waals surface area contributed by atoms with E-state index in [9.17, 15) is 9.59 Å². The molecule has 1 atom stereocenters. The predicted octanol–water partition coefficient (Wildman–Crippen LogP) is 3.83. The Morgan fingerprint density at radius 3 is 2.41 bits per heavy atom. The Morgan fingerprint density at radius 1 is 1.00 bits per heavy atom. The van der Waals surface area contributed by atoms with E-state index in [1.165, 1.54) is 5.69 Å². The number of aryl methyl sites for hydroxylation is 1. The van der Waals surface area contributed by atoms with Crippen molar-refractivity contribution in [3.05, 3.63) is 59.7 Å². The summed E-state index contributed by atoms with van der Waals surface area (Å²) in [6.07, 6.45) is 2.34. The molecular weight excluding hydrogens is 400 g/mol. The first-order valence-electron chi connectivity index (χ1n) is 11.8. The molecule has 170 valence electrons. The number of carbonyl (C=O) groups is 2. The van der Waals surface area contributed by atoms with Gasteiger partial charge in [0, 0.05) is 50.5 Å². The number of carbonyl (C=O) groups excluding carboxylic acids is 2. The van der Waals surface area contributed by atoms with Crippen LogP contribution in [0, 0.1) is 6.92 Å². The first kappa shape index (κ1) is 22.3. The minimum absolute atomic E-state index is 0.0542. The molecule has 2 heterocycles. The second-order valence-electron chi connectivity index (χ2n) is 8.77. The van der Waals surface area contributed by atoms with Crippen molar-refractivity contribution in [3.63, 3.8) is 0 Å². The Morgan fingerprint density at radius 2 is 1.75 bits per heavy atom. The van der Waals surface area contributed by atoms with E-state index in [1.54, 1.807) is 4.90 Å². The van der Waals surface area contributed by atoms with E-state index in [1.807, 2.05) is 43.3 Å². The third-order valence-electron chi connectivity index (χ3n) is 6.69. The van der Waals surface area contributed by atoms with Crippen molar-refractivity contribution in [1.82, 2.24) is 9.80 Å². The van der Waals surface area contributed by atoms with Crippen LogP contribution in [0.5, 0.6) is 0 Å². The van der Waals surface area contributed by atoms with Gasteiger partial charge >= 0.3 is 0 Å². The fourth-order valence-electron chi connectivity index (χ4n) is 4.72. The summed E-state index contributed by atoms with van der Waals surface area (Å²) in [7, 11) is 0. The number of anilines is 2. The maximum absolute atomic E-state index is 13.4. The summed E-state index contributed by atoms with van der Waals surface area (Å²) >= 11 is 0. The minimum atomic E-state index is -0.606. The first-order chi connectivity index (χ1) is 15.6. The van der Waals surface area contributed by atoms with Crippen molar-refractivity contribution in [3.8, 4) is 0 Å². The van der Waals surface area contributed by atoms with Gasteiger partial charge in [0.25, 0.3) is 5.91 Å². The molecule has 0 aliphatic carbocycles. The van der Waals surface area contributed by atoms with Crippen LogP contribution in [0.25, 0.3) is 0 Å². The lowest BCUT2D eigenvalue weighted by molar-refractivity contribution is -0.141. The number of nitrogens with one attached hydrogen (secondary N) is 1. The lowest BCUT2D eigenvalue weighted by Crippen LogP contribution is -2.46. The molecule has 6 heteroatoms. The monoisotopic (exact) mass is 434 g/mol. The number of amides is 2. The third kappa shape index (κ3) is 4.96. The maximum atomic E-state index is 13.4. The summed E-state index contributed by atoms with van der Waals surface area (Å²) < 4.78 is 0. The van der Waals surface area contributed by atoms with Gasteiger partial charge in [-0.25, -0.2) is 0 Å². The molecule has 2 aliphatic rings. The van der Waals surface area contributed by atoms with E-state index in [2.05, 4.69) is 34.2 Å². The number of likely N-dealkylation sites (tertiary alicyclic amines) is 1. The second kappa shape index (κ2) is 10.2. The van der Waals surface area contributed by atoms with Gasteiger partial charge in [-0.05, 0) is 55.6 Å². The minimum Gasteiger partial charge on any atom is -0.369 e. The largest absolute Gasteiger partial charge is 0.369 e. The Kier molecular flexibility index (Phi) is 7.10. The molecule has 0 radical (unpaired) electrons. The normalized spacial score (nSPS) is 18.5. The molecule has 0 bridgehead atoms. The van der Waals surface area contributed by atoms with Gasteiger partial charge in [-0.15, -0.1) is 0 Å². The van der Waals surface area contributed by atoms with E-state index in [0.717, 1.165) is 62.4 Å². The average Bonchev–Trinajstić information content (AvgIpc) is 2.82. The molecule has 2 aromatic rings. The number of benzene rings is 2. The highest BCUT2D eigenvalue weighted by Gasteiger charge is 2.33. The predicted molar refractivity (Wildman–Crippen MR) is 129 cm³/mol. The molecule has 0 saturated carbocycles. The summed E-state index contributed by atoms with van der Waals surface area (Å²) in [4.78, 5) is 32.7. The number of piperazine rings is 1. The second-order valence-corrected chi connectivity index (χ2v) is 8.77. The summed E-state index contributed by atoms with van der Waals surface area (Å²) in [5.74, 6) is -0.0996. The smallest absolute Gasteiger partial charge is 0.251 e. The van der Waals surface area contributed by atoms with Crippen LogP contribution in [-0.4, -0.2) is 60.9 Å². The highest BCUT2D eigenvalue weighted by molar-refractivity contribution is 5.98. The van der Waals surface area contributed by atoms with E-state index >= 15 is 0 Å². The fourth-order valence-corrected chi connectivity index (χ4v) is 4.72. The molecular formula is C26H34N4O2. The van der Waals surface area contributed by atoms with Crippen molar-refractivity contribution in [2.45, 2.75) is 39.2 Å². The number of hydrogen-bond donors (Lipinski definition) is 1. The zero-order valence-corrected chi connectivity index (χ0v) is 19.2. The van der Waals surface area contributed by atoms with Gasteiger partial charge in [-0.2, -0.15) is 0 Å². The van der Waals surface area contributed by atoms with Gasteiger partial charge in [0.15, 0.2) is 0 Å².